The lowest BCUT2D eigenvalue weighted by Gasteiger charge is -2.06. The molecule has 1 aliphatic heterocycles. The van der Waals surface area contributed by atoms with Gasteiger partial charge in [-0.3, -0.25) is 4.79 Å². The highest BCUT2D eigenvalue weighted by Crippen LogP contribution is 2.12. The van der Waals surface area contributed by atoms with Gasteiger partial charge in [-0.1, -0.05) is 0 Å². The van der Waals surface area contributed by atoms with Gasteiger partial charge in [0, 0.05) is 12.1 Å². The number of Topliss-reactive ketones (excluding diaryl/α,β-unsaturated/α-hetero) is 1. The van der Waals surface area contributed by atoms with E-state index in [1.54, 1.807) is 0 Å². The third-order valence-corrected chi connectivity index (χ3v) is 3.31. The summed E-state index contributed by atoms with van der Waals surface area (Å²) in [6, 6.07) is 5.62. The molecular weight excluding hydrogens is 229 g/mol. The maximum Gasteiger partial charge on any atom is 0.172 e. The number of thioether (sulfide) groups is 1. The Morgan fingerprint density at radius 1 is 1.44 bits per heavy atom. The summed E-state index contributed by atoms with van der Waals surface area (Å²) in [5, 5.41) is 0.185. The van der Waals surface area contributed by atoms with Crippen LogP contribution in [0.5, 0.6) is 0 Å². The Balaban J connectivity index is 1.85. The molecule has 1 aliphatic rings. The van der Waals surface area contributed by atoms with Crippen LogP contribution >= 0.6 is 11.8 Å². The molecule has 1 aromatic rings. The molecule has 1 heterocycles. The van der Waals surface area contributed by atoms with Gasteiger partial charge in [0.1, 0.15) is 5.82 Å². The summed E-state index contributed by atoms with van der Waals surface area (Å²) in [5.41, 5.74) is 9.17. The topological polar surface area (TPSA) is 53.2 Å². The minimum atomic E-state index is -0.324. The molecule has 0 aromatic heterocycles. The van der Waals surface area contributed by atoms with E-state index in [2.05, 4.69) is 16.4 Å². The molecule has 0 saturated carbocycles. The van der Waals surface area contributed by atoms with Crippen molar-refractivity contribution in [3.63, 3.8) is 0 Å². The molecule has 0 amide bonds. The molecule has 6 heteroatoms. The number of hydrogen-bond acceptors (Lipinski definition) is 5. The van der Waals surface area contributed by atoms with Crippen LogP contribution in [0.4, 0.5) is 4.39 Å². The van der Waals surface area contributed by atoms with Crippen molar-refractivity contribution in [3.8, 4) is 0 Å². The Kier molecular flexibility index (Phi) is 3.89. The van der Waals surface area contributed by atoms with Crippen LogP contribution in [0.3, 0.4) is 0 Å². The number of halogens is 1. The zero-order chi connectivity index (χ0) is 11.4. The molecule has 2 rings (SSSR count). The van der Waals surface area contributed by atoms with E-state index >= 15 is 0 Å². The fraction of sp³-hybridized carbons (Fsp3) is 0.300. The number of rotatable bonds is 4. The standard InChI is InChI=1S/C10H12FN3OS/c11-8-3-1-7(2-4-8)9(15)6-16-10-5-12-14-13-10/h1-4,10,12-14H,5-6H2. The molecule has 16 heavy (non-hydrogen) atoms. The number of carbonyl (C=O) groups excluding carboxylic acids is 1. The molecule has 1 unspecified atom stereocenters. The second-order valence-electron chi connectivity index (χ2n) is 3.38. The Bertz CT molecular complexity index is 365. The lowest BCUT2D eigenvalue weighted by molar-refractivity contribution is 0.102. The molecule has 1 saturated heterocycles. The molecule has 1 atom stereocenters. The average molecular weight is 241 g/mol. The van der Waals surface area contributed by atoms with Crippen molar-refractivity contribution in [2.24, 2.45) is 0 Å². The van der Waals surface area contributed by atoms with E-state index in [0.717, 1.165) is 6.54 Å². The first-order valence-corrected chi connectivity index (χ1v) is 5.94. The van der Waals surface area contributed by atoms with Crippen molar-refractivity contribution in [3.05, 3.63) is 35.6 Å². The van der Waals surface area contributed by atoms with Gasteiger partial charge in [0.25, 0.3) is 0 Å². The van der Waals surface area contributed by atoms with Crippen LogP contribution in [-0.2, 0) is 0 Å². The van der Waals surface area contributed by atoms with Crippen LogP contribution in [-0.4, -0.2) is 23.5 Å². The van der Waals surface area contributed by atoms with Crippen molar-refractivity contribution in [2.45, 2.75) is 5.37 Å². The van der Waals surface area contributed by atoms with Gasteiger partial charge < -0.3 is 0 Å². The third kappa shape index (κ3) is 3.02. The number of carbonyl (C=O) groups is 1. The number of benzene rings is 1. The van der Waals surface area contributed by atoms with Gasteiger partial charge in [-0.15, -0.1) is 11.8 Å². The van der Waals surface area contributed by atoms with Crippen molar-refractivity contribution >= 4 is 17.5 Å². The molecule has 3 N–H and O–H groups in total. The number of hydrogen-bond donors (Lipinski definition) is 3. The van der Waals surface area contributed by atoms with Gasteiger partial charge in [0.05, 0.1) is 11.1 Å². The molecule has 0 radical (unpaired) electrons. The molecule has 0 aliphatic carbocycles. The maximum atomic E-state index is 12.6. The summed E-state index contributed by atoms with van der Waals surface area (Å²) in [6.45, 7) is 0.765. The lowest BCUT2D eigenvalue weighted by atomic mass is 10.1. The van der Waals surface area contributed by atoms with Crippen molar-refractivity contribution in [1.82, 2.24) is 16.4 Å². The fourth-order valence-electron chi connectivity index (χ4n) is 1.32. The van der Waals surface area contributed by atoms with Crippen LogP contribution in [0.15, 0.2) is 24.3 Å². The predicted molar refractivity (Wildman–Crippen MR) is 61.3 cm³/mol. The lowest BCUT2D eigenvalue weighted by Crippen LogP contribution is -2.32. The van der Waals surface area contributed by atoms with Gasteiger partial charge >= 0.3 is 0 Å². The number of hydrazine groups is 2. The molecule has 1 fully saturated rings. The second-order valence-corrected chi connectivity index (χ2v) is 4.57. The van der Waals surface area contributed by atoms with Crippen molar-refractivity contribution < 1.29 is 9.18 Å². The van der Waals surface area contributed by atoms with Gasteiger partial charge in [0.2, 0.25) is 0 Å². The predicted octanol–water partition coefficient (Wildman–Crippen LogP) is 0.680. The largest absolute Gasteiger partial charge is 0.293 e. The normalized spacial score (nSPS) is 19.9. The summed E-state index contributed by atoms with van der Waals surface area (Å²) in [5.74, 6) is 0.0703. The zero-order valence-electron chi connectivity index (χ0n) is 8.50. The fourth-order valence-corrected chi connectivity index (χ4v) is 2.18. The monoisotopic (exact) mass is 241 g/mol. The highest BCUT2D eigenvalue weighted by Gasteiger charge is 2.15. The van der Waals surface area contributed by atoms with E-state index in [0.29, 0.717) is 11.3 Å². The van der Waals surface area contributed by atoms with Crippen LogP contribution in [0, 0.1) is 5.82 Å². The number of nitrogens with one attached hydrogen (secondary N) is 3. The highest BCUT2D eigenvalue weighted by molar-refractivity contribution is 8.00. The molecule has 86 valence electrons. The van der Waals surface area contributed by atoms with Gasteiger partial charge in [-0.2, -0.15) is 5.53 Å². The first-order valence-electron chi connectivity index (χ1n) is 4.89. The minimum absolute atomic E-state index is 0.0127. The molecular formula is C10H12FN3OS. The molecule has 0 bridgehead atoms. The Hall–Kier alpha value is -0.950. The van der Waals surface area contributed by atoms with E-state index < -0.39 is 0 Å². The number of ketones is 1. The van der Waals surface area contributed by atoms with E-state index in [9.17, 15) is 9.18 Å². The second kappa shape index (κ2) is 5.40. The Morgan fingerprint density at radius 2 is 2.19 bits per heavy atom. The summed E-state index contributed by atoms with van der Waals surface area (Å²) in [6.07, 6.45) is 0. The first-order chi connectivity index (χ1) is 7.75. The van der Waals surface area contributed by atoms with Crippen LogP contribution in [0.2, 0.25) is 0 Å². The smallest absolute Gasteiger partial charge is 0.172 e. The van der Waals surface area contributed by atoms with E-state index in [1.807, 2.05) is 0 Å². The van der Waals surface area contributed by atoms with E-state index in [4.69, 9.17) is 0 Å². The molecule has 0 spiro atoms. The third-order valence-electron chi connectivity index (χ3n) is 2.19. The van der Waals surface area contributed by atoms with Gasteiger partial charge in [-0.05, 0) is 24.3 Å². The summed E-state index contributed by atoms with van der Waals surface area (Å²) < 4.78 is 12.6. The first kappa shape index (κ1) is 11.5. The van der Waals surface area contributed by atoms with Gasteiger partial charge in [-0.25, -0.2) is 15.2 Å². The van der Waals surface area contributed by atoms with E-state index in [-0.39, 0.29) is 17.0 Å². The Morgan fingerprint density at radius 3 is 2.81 bits per heavy atom. The molecule has 1 aromatic carbocycles. The maximum absolute atomic E-state index is 12.6. The average Bonchev–Trinajstić information content (AvgIpc) is 2.80. The zero-order valence-corrected chi connectivity index (χ0v) is 9.31. The van der Waals surface area contributed by atoms with Crippen molar-refractivity contribution in [2.75, 3.05) is 12.3 Å². The SMILES string of the molecule is O=C(CSC1CNNN1)c1ccc(F)cc1. The summed E-state index contributed by atoms with van der Waals surface area (Å²) in [7, 11) is 0. The van der Waals surface area contributed by atoms with Gasteiger partial charge in [0.15, 0.2) is 5.78 Å². The van der Waals surface area contributed by atoms with Crippen molar-refractivity contribution in [1.29, 1.82) is 0 Å². The highest BCUT2D eigenvalue weighted by atomic mass is 32.2. The Labute approximate surface area is 96.9 Å². The van der Waals surface area contributed by atoms with Crippen LogP contribution in [0.1, 0.15) is 10.4 Å². The minimum Gasteiger partial charge on any atom is -0.293 e. The molecule has 4 nitrogen and oxygen atoms in total. The summed E-state index contributed by atoms with van der Waals surface area (Å²) in [4.78, 5) is 11.7. The van der Waals surface area contributed by atoms with E-state index in [1.165, 1.54) is 36.0 Å². The van der Waals surface area contributed by atoms with Crippen LogP contribution in [0.25, 0.3) is 0 Å². The quantitative estimate of drug-likeness (QED) is 0.677. The summed E-state index contributed by atoms with van der Waals surface area (Å²) >= 11 is 1.51. The van der Waals surface area contributed by atoms with Crippen LogP contribution < -0.4 is 16.4 Å².